The van der Waals surface area contributed by atoms with Crippen molar-refractivity contribution >= 4 is 5.78 Å². The second kappa shape index (κ2) is 4.21. The number of Topliss-reactive ketones (excluding diaryl/α,β-unsaturated/α-hetero) is 1. The Morgan fingerprint density at radius 3 is 2.71 bits per heavy atom. The van der Waals surface area contributed by atoms with Crippen LogP contribution < -0.4 is 0 Å². The van der Waals surface area contributed by atoms with Crippen LogP contribution in [0.15, 0.2) is 11.6 Å². The minimum atomic E-state index is -0.535. The molecule has 2 aliphatic rings. The molecule has 0 bridgehead atoms. The Labute approximate surface area is 103 Å². The maximum absolute atomic E-state index is 11.8. The van der Waals surface area contributed by atoms with Gasteiger partial charge in [0.25, 0.3) is 0 Å². The van der Waals surface area contributed by atoms with Crippen molar-refractivity contribution in [2.75, 3.05) is 0 Å². The van der Waals surface area contributed by atoms with Gasteiger partial charge in [-0.25, -0.2) is 0 Å². The molecule has 0 saturated heterocycles. The van der Waals surface area contributed by atoms with Gasteiger partial charge in [-0.05, 0) is 32.1 Å². The van der Waals surface area contributed by atoms with Gasteiger partial charge in [-0.3, -0.25) is 4.79 Å². The van der Waals surface area contributed by atoms with Crippen LogP contribution in [0.1, 0.15) is 40.0 Å². The van der Waals surface area contributed by atoms with Crippen molar-refractivity contribution in [3.05, 3.63) is 11.6 Å². The fourth-order valence-electron chi connectivity index (χ4n) is 3.83. The van der Waals surface area contributed by atoms with Gasteiger partial charge in [0.05, 0.1) is 18.1 Å². The highest BCUT2D eigenvalue weighted by Gasteiger charge is 2.51. The monoisotopic (exact) mass is 238 g/mol. The van der Waals surface area contributed by atoms with Crippen molar-refractivity contribution in [2.45, 2.75) is 52.2 Å². The van der Waals surface area contributed by atoms with Crippen LogP contribution >= 0.6 is 0 Å². The second-order valence-electron chi connectivity index (χ2n) is 5.87. The Kier molecular flexibility index (Phi) is 3.17. The van der Waals surface area contributed by atoms with E-state index in [1.165, 1.54) is 0 Å². The fraction of sp³-hybridized carbons (Fsp3) is 0.786. The Hall–Kier alpha value is -0.670. The normalized spacial score (nSPS) is 46.1. The van der Waals surface area contributed by atoms with Crippen LogP contribution in [0, 0.1) is 17.3 Å². The summed E-state index contributed by atoms with van der Waals surface area (Å²) in [6.07, 6.45) is 3.08. The van der Waals surface area contributed by atoms with Gasteiger partial charge < -0.3 is 10.2 Å². The predicted molar refractivity (Wildman–Crippen MR) is 65.4 cm³/mol. The molecule has 0 spiro atoms. The third-order valence-corrected chi connectivity index (χ3v) is 4.88. The Morgan fingerprint density at radius 2 is 2.12 bits per heavy atom. The van der Waals surface area contributed by atoms with E-state index in [-0.39, 0.29) is 23.0 Å². The molecule has 0 aromatic rings. The summed E-state index contributed by atoms with van der Waals surface area (Å²) in [5, 5.41) is 19.9. The number of ketones is 1. The minimum Gasteiger partial charge on any atom is -0.392 e. The number of hydrogen-bond acceptors (Lipinski definition) is 3. The lowest BCUT2D eigenvalue weighted by Gasteiger charge is -2.51. The van der Waals surface area contributed by atoms with Gasteiger partial charge in [-0.15, -0.1) is 0 Å². The molecule has 1 fully saturated rings. The van der Waals surface area contributed by atoms with E-state index in [9.17, 15) is 15.0 Å². The van der Waals surface area contributed by atoms with E-state index in [0.717, 1.165) is 12.0 Å². The molecule has 0 aromatic carbocycles. The highest BCUT2D eigenvalue weighted by atomic mass is 16.3. The Bertz CT molecular complexity index is 360. The molecule has 2 rings (SSSR count). The molecule has 3 nitrogen and oxygen atoms in total. The van der Waals surface area contributed by atoms with Crippen molar-refractivity contribution in [2.24, 2.45) is 17.3 Å². The van der Waals surface area contributed by atoms with Crippen molar-refractivity contribution in [1.82, 2.24) is 0 Å². The maximum atomic E-state index is 11.8. The lowest BCUT2D eigenvalue weighted by molar-refractivity contribution is -0.134. The van der Waals surface area contributed by atoms with Crippen LogP contribution in [0.4, 0.5) is 0 Å². The number of carbonyl (C=O) groups is 1. The van der Waals surface area contributed by atoms with E-state index >= 15 is 0 Å². The van der Waals surface area contributed by atoms with Crippen LogP contribution in [-0.2, 0) is 4.79 Å². The van der Waals surface area contributed by atoms with Gasteiger partial charge in [0.15, 0.2) is 0 Å². The zero-order chi connectivity index (χ0) is 12.8. The molecular formula is C14H22O3. The van der Waals surface area contributed by atoms with E-state index in [2.05, 4.69) is 13.8 Å². The molecule has 96 valence electrons. The molecule has 5 atom stereocenters. The van der Waals surface area contributed by atoms with Gasteiger partial charge >= 0.3 is 0 Å². The maximum Gasteiger partial charge on any atom is 0.136 e. The number of hydrogen-bond donors (Lipinski definition) is 2. The summed E-state index contributed by atoms with van der Waals surface area (Å²) in [7, 11) is 0. The molecule has 5 unspecified atom stereocenters. The third kappa shape index (κ3) is 1.85. The zero-order valence-electron chi connectivity index (χ0n) is 10.8. The van der Waals surface area contributed by atoms with Crippen molar-refractivity contribution in [3.8, 4) is 0 Å². The fourth-order valence-corrected chi connectivity index (χ4v) is 3.83. The van der Waals surface area contributed by atoms with Gasteiger partial charge in [-0.1, -0.05) is 25.5 Å². The van der Waals surface area contributed by atoms with Crippen molar-refractivity contribution in [1.29, 1.82) is 0 Å². The smallest absolute Gasteiger partial charge is 0.136 e. The number of fused-ring (bicyclic) bond motifs is 1. The first-order valence-electron chi connectivity index (χ1n) is 6.45. The Balaban J connectivity index is 2.46. The van der Waals surface area contributed by atoms with E-state index < -0.39 is 12.2 Å². The molecule has 0 radical (unpaired) electrons. The van der Waals surface area contributed by atoms with E-state index in [0.29, 0.717) is 12.8 Å². The summed E-state index contributed by atoms with van der Waals surface area (Å²) in [6.45, 7) is 5.72. The predicted octanol–water partition coefficient (Wildman–Crippen LogP) is 1.68. The van der Waals surface area contributed by atoms with Crippen molar-refractivity contribution < 1.29 is 15.0 Å². The largest absolute Gasteiger partial charge is 0.392 e. The number of allylic oxidation sites excluding steroid dienone is 1. The molecule has 2 aliphatic carbocycles. The lowest BCUT2D eigenvalue weighted by atomic mass is 9.53. The zero-order valence-corrected chi connectivity index (χ0v) is 10.8. The molecule has 3 heteroatoms. The average molecular weight is 238 g/mol. The molecule has 0 aliphatic heterocycles. The number of aliphatic hydroxyl groups is 2. The molecule has 1 saturated carbocycles. The number of rotatable bonds is 1. The summed E-state index contributed by atoms with van der Waals surface area (Å²) >= 11 is 0. The van der Waals surface area contributed by atoms with Crippen molar-refractivity contribution in [3.63, 3.8) is 0 Å². The number of aliphatic hydroxyl groups excluding tert-OH is 2. The average Bonchev–Trinajstić information content (AvgIpc) is 2.20. The van der Waals surface area contributed by atoms with Crippen LogP contribution in [0.3, 0.4) is 0 Å². The third-order valence-electron chi connectivity index (χ3n) is 4.88. The van der Waals surface area contributed by atoms with Gasteiger partial charge in [0.1, 0.15) is 5.78 Å². The minimum absolute atomic E-state index is 0.0637. The summed E-state index contributed by atoms with van der Waals surface area (Å²) < 4.78 is 0. The summed E-state index contributed by atoms with van der Waals surface area (Å²) in [6, 6.07) is 0. The molecule has 17 heavy (non-hydrogen) atoms. The summed E-state index contributed by atoms with van der Waals surface area (Å²) in [5.41, 5.74) is 0.886. The quantitative estimate of drug-likeness (QED) is 0.683. The van der Waals surface area contributed by atoms with E-state index in [4.69, 9.17) is 0 Å². The van der Waals surface area contributed by atoms with Crippen LogP contribution in [0.5, 0.6) is 0 Å². The summed E-state index contributed by atoms with van der Waals surface area (Å²) in [4.78, 5) is 11.8. The molecular weight excluding hydrogens is 216 g/mol. The first kappa shape index (κ1) is 12.8. The highest BCUT2D eigenvalue weighted by molar-refractivity contribution is 5.80. The summed E-state index contributed by atoms with van der Waals surface area (Å²) in [5.74, 6) is -0.0276. The van der Waals surface area contributed by atoms with Crippen LogP contribution in [0.25, 0.3) is 0 Å². The SMILES string of the molecule is CC(=O)C1C(O)CCC2=CC(O)CC(C)C21C. The lowest BCUT2D eigenvalue weighted by Crippen LogP contribution is -2.51. The van der Waals surface area contributed by atoms with Gasteiger partial charge in [0, 0.05) is 5.41 Å². The molecule has 0 heterocycles. The number of carbonyl (C=O) groups excluding carboxylic acids is 1. The Morgan fingerprint density at radius 1 is 1.47 bits per heavy atom. The van der Waals surface area contributed by atoms with E-state index in [1.807, 2.05) is 6.08 Å². The molecule has 0 aromatic heterocycles. The van der Waals surface area contributed by atoms with Crippen LogP contribution in [-0.4, -0.2) is 28.2 Å². The van der Waals surface area contributed by atoms with Gasteiger partial charge in [0.2, 0.25) is 0 Å². The standard InChI is InChI=1S/C14H22O3/c1-8-6-11(16)7-10-4-5-12(17)13(9(2)15)14(8,10)3/h7-8,11-13,16-17H,4-6H2,1-3H3. The van der Waals surface area contributed by atoms with E-state index in [1.54, 1.807) is 6.92 Å². The first-order chi connectivity index (χ1) is 7.87. The van der Waals surface area contributed by atoms with Crippen LogP contribution in [0.2, 0.25) is 0 Å². The van der Waals surface area contributed by atoms with Gasteiger partial charge in [-0.2, -0.15) is 0 Å². The topological polar surface area (TPSA) is 57.5 Å². The second-order valence-corrected chi connectivity index (χ2v) is 5.87. The first-order valence-corrected chi connectivity index (χ1v) is 6.45. The molecule has 2 N–H and O–H groups in total. The molecule has 0 amide bonds. The highest BCUT2D eigenvalue weighted by Crippen LogP contribution is 2.53.